The normalized spacial score (nSPS) is 16.1. The van der Waals surface area contributed by atoms with Crippen LogP contribution in [0.15, 0.2) is 71.4 Å². The molecule has 0 amide bonds. The molecule has 6 rings (SSSR count). The molecule has 2 aromatic carbocycles. The molecule has 2 aromatic heterocycles. The first kappa shape index (κ1) is 28.5. The number of halogens is 6. The third-order valence-electron chi connectivity index (χ3n) is 7.55. The minimum absolute atomic E-state index is 0.0336. The van der Waals surface area contributed by atoms with Gasteiger partial charge in [-0.25, -0.2) is 4.79 Å². The first-order valence-electron chi connectivity index (χ1n) is 13.4. The van der Waals surface area contributed by atoms with Gasteiger partial charge in [0.2, 0.25) is 0 Å². The molecule has 1 saturated carbocycles. The Morgan fingerprint density at radius 3 is 2.35 bits per heavy atom. The topological polar surface area (TPSA) is 79.5 Å². The van der Waals surface area contributed by atoms with Crippen LogP contribution in [0.2, 0.25) is 0 Å². The minimum atomic E-state index is -4.71. The molecule has 0 spiro atoms. The van der Waals surface area contributed by atoms with E-state index in [0.29, 0.717) is 30.5 Å². The van der Waals surface area contributed by atoms with E-state index in [1.54, 1.807) is 12.1 Å². The highest BCUT2D eigenvalue weighted by molar-refractivity contribution is 5.89. The van der Waals surface area contributed by atoms with Crippen LogP contribution in [0, 0.1) is 5.92 Å². The number of hydrogen-bond acceptors (Lipinski definition) is 5. The molecule has 1 aliphatic carbocycles. The van der Waals surface area contributed by atoms with Gasteiger partial charge in [-0.05, 0) is 49.2 Å². The van der Waals surface area contributed by atoms with Gasteiger partial charge < -0.3 is 14.5 Å². The number of pyridine rings is 1. The van der Waals surface area contributed by atoms with Gasteiger partial charge in [0.1, 0.15) is 11.5 Å². The van der Waals surface area contributed by atoms with Gasteiger partial charge in [-0.15, -0.1) is 0 Å². The highest BCUT2D eigenvalue weighted by atomic mass is 19.4. The summed E-state index contributed by atoms with van der Waals surface area (Å²) in [4.78, 5) is 17.6. The monoisotopic (exact) mass is 599 g/mol. The molecule has 6 nitrogen and oxygen atoms in total. The van der Waals surface area contributed by atoms with E-state index in [9.17, 15) is 36.2 Å². The zero-order valence-corrected chi connectivity index (χ0v) is 22.3. The quantitative estimate of drug-likeness (QED) is 0.216. The molecule has 1 aliphatic heterocycles. The molecule has 3 heterocycles. The summed E-state index contributed by atoms with van der Waals surface area (Å²) in [6.45, 7) is 1.17. The fourth-order valence-electron chi connectivity index (χ4n) is 5.13. The molecule has 1 N–H and O–H groups in total. The van der Waals surface area contributed by atoms with Crippen molar-refractivity contribution in [3.63, 3.8) is 0 Å². The van der Waals surface area contributed by atoms with E-state index in [-0.39, 0.29) is 34.4 Å². The van der Waals surface area contributed by atoms with Gasteiger partial charge in [-0.1, -0.05) is 35.5 Å². The van der Waals surface area contributed by atoms with Crippen LogP contribution in [0.5, 0.6) is 0 Å². The zero-order valence-electron chi connectivity index (χ0n) is 22.3. The summed E-state index contributed by atoms with van der Waals surface area (Å²) in [6, 6.07) is 11.1. The highest BCUT2D eigenvalue weighted by Gasteiger charge is 2.37. The van der Waals surface area contributed by atoms with E-state index in [4.69, 9.17) is 4.52 Å². The van der Waals surface area contributed by atoms with Gasteiger partial charge in [-0.2, -0.15) is 26.3 Å². The Morgan fingerprint density at radius 2 is 1.72 bits per heavy atom. The fourth-order valence-corrected chi connectivity index (χ4v) is 5.13. The van der Waals surface area contributed by atoms with Gasteiger partial charge in [0.25, 0.3) is 0 Å². The Bertz CT molecular complexity index is 1700. The van der Waals surface area contributed by atoms with E-state index >= 15 is 0 Å². The summed E-state index contributed by atoms with van der Waals surface area (Å²) < 4.78 is 86.5. The first-order valence-corrected chi connectivity index (χ1v) is 13.4. The number of carboxylic acids is 1. The van der Waals surface area contributed by atoms with Crippen molar-refractivity contribution in [3.05, 3.63) is 94.9 Å². The second-order valence-corrected chi connectivity index (χ2v) is 10.7. The van der Waals surface area contributed by atoms with Crippen molar-refractivity contribution in [1.82, 2.24) is 10.1 Å². The molecule has 12 heteroatoms. The summed E-state index contributed by atoms with van der Waals surface area (Å²) in [6.07, 6.45) is -2.28. The summed E-state index contributed by atoms with van der Waals surface area (Å²) in [7, 11) is 0. The fraction of sp³-hybridized carbons (Fsp3) is 0.258. The van der Waals surface area contributed by atoms with Crippen LogP contribution in [-0.4, -0.2) is 34.3 Å². The zero-order chi connectivity index (χ0) is 30.5. The number of hydrogen-bond donors (Lipinski definition) is 1. The number of aromatic nitrogens is 2. The predicted octanol–water partition coefficient (Wildman–Crippen LogP) is 8.17. The molecule has 1 saturated heterocycles. The number of alkyl halides is 6. The third-order valence-corrected chi connectivity index (χ3v) is 7.55. The van der Waals surface area contributed by atoms with Gasteiger partial charge in [0.15, 0.2) is 0 Å². The summed E-state index contributed by atoms with van der Waals surface area (Å²) in [5.74, 6) is -0.686. The summed E-state index contributed by atoms with van der Waals surface area (Å²) in [5, 5.41) is 13.3. The van der Waals surface area contributed by atoms with Crippen molar-refractivity contribution in [3.8, 4) is 22.5 Å². The number of carboxylic acid groups (broad SMARTS) is 1. The molecular formula is C31H23F6N3O3. The third kappa shape index (κ3) is 5.86. The Balaban J connectivity index is 1.18. The second-order valence-electron chi connectivity index (χ2n) is 10.7. The number of nitrogens with zero attached hydrogens (tertiary/aromatic N) is 3. The molecule has 2 aliphatic rings. The lowest BCUT2D eigenvalue weighted by molar-refractivity contribution is -0.138. The largest absolute Gasteiger partial charge is 0.478 e. The number of carbonyl (C=O) groups is 1. The lowest BCUT2D eigenvalue weighted by Gasteiger charge is -2.39. The standard InChI is InChI=1S/C31H23F6N3O3/c32-30(33,34)21-12-19(11-20(13-21)29(41)42)26-10-8-22(14-38-26)40-15-17(16-40)5-9-24-27(39-43-28(24)18-6-7-18)23-3-1-2-4-25(23)31(35,36)37/h1-5,8-14,17-18H,6-7,15-16H2,(H,41,42)/b9-5+. The molecule has 2 fully saturated rings. The predicted molar refractivity (Wildman–Crippen MR) is 145 cm³/mol. The first-order chi connectivity index (χ1) is 20.4. The maximum Gasteiger partial charge on any atom is 0.417 e. The Labute approximate surface area is 241 Å². The van der Waals surface area contributed by atoms with Gasteiger partial charge >= 0.3 is 18.3 Å². The van der Waals surface area contributed by atoms with Crippen LogP contribution in [0.4, 0.5) is 32.0 Å². The number of benzene rings is 2. The summed E-state index contributed by atoms with van der Waals surface area (Å²) in [5.41, 5.74) is -0.731. The Kier molecular flexibility index (Phi) is 7.02. The van der Waals surface area contributed by atoms with E-state index < -0.39 is 35.0 Å². The SMILES string of the molecule is O=C(O)c1cc(-c2ccc(N3CC(/C=C/c4c(-c5ccccc5C(F)(F)F)noc4C4CC4)C3)cn2)cc(C(F)(F)F)c1. The molecule has 0 bridgehead atoms. The van der Waals surface area contributed by atoms with Crippen LogP contribution in [0.3, 0.4) is 0 Å². The highest BCUT2D eigenvalue weighted by Crippen LogP contribution is 2.46. The van der Waals surface area contributed by atoms with Crippen LogP contribution < -0.4 is 4.90 Å². The van der Waals surface area contributed by atoms with E-state index in [1.807, 2.05) is 11.0 Å². The summed E-state index contributed by atoms with van der Waals surface area (Å²) >= 11 is 0. The van der Waals surface area contributed by atoms with Crippen molar-refractivity contribution in [2.45, 2.75) is 31.1 Å². The van der Waals surface area contributed by atoms with Crippen molar-refractivity contribution < 1.29 is 40.8 Å². The molecule has 0 radical (unpaired) electrons. The maximum atomic E-state index is 13.7. The van der Waals surface area contributed by atoms with E-state index in [0.717, 1.165) is 36.7 Å². The van der Waals surface area contributed by atoms with E-state index in [2.05, 4.69) is 10.1 Å². The Morgan fingerprint density at radius 1 is 0.977 bits per heavy atom. The average Bonchev–Trinajstić information content (AvgIpc) is 3.70. The van der Waals surface area contributed by atoms with Gasteiger partial charge in [0.05, 0.1) is 34.3 Å². The lowest BCUT2D eigenvalue weighted by Crippen LogP contribution is -2.45. The van der Waals surface area contributed by atoms with Crippen LogP contribution in [-0.2, 0) is 12.4 Å². The van der Waals surface area contributed by atoms with Crippen molar-refractivity contribution in [2.24, 2.45) is 5.92 Å². The number of aromatic carboxylic acids is 1. The smallest absolute Gasteiger partial charge is 0.417 e. The number of anilines is 1. The van der Waals surface area contributed by atoms with Crippen molar-refractivity contribution in [2.75, 3.05) is 18.0 Å². The van der Waals surface area contributed by atoms with Crippen molar-refractivity contribution in [1.29, 1.82) is 0 Å². The molecule has 4 aromatic rings. The number of rotatable bonds is 7. The lowest BCUT2D eigenvalue weighted by atomic mass is 9.95. The van der Waals surface area contributed by atoms with Crippen LogP contribution in [0.1, 0.15) is 51.6 Å². The molecule has 0 unspecified atom stereocenters. The molecule has 0 atom stereocenters. The minimum Gasteiger partial charge on any atom is -0.478 e. The molecule has 222 valence electrons. The maximum absolute atomic E-state index is 13.7. The second kappa shape index (κ2) is 10.6. The molecular weight excluding hydrogens is 576 g/mol. The van der Waals surface area contributed by atoms with Crippen LogP contribution in [0.25, 0.3) is 28.6 Å². The van der Waals surface area contributed by atoms with Crippen LogP contribution >= 0.6 is 0 Å². The molecule has 43 heavy (non-hydrogen) atoms. The average molecular weight is 600 g/mol. The van der Waals surface area contributed by atoms with Gasteiger partial charge in [0, 0.05) is 41.6 Å². The van der Waals surface area contributed by atoms with E-state index in [1.165, 1.54) is 30.5 Å². The van der Waals surface area contributed by atoms with Crippen molar-refractivity contribution >= 4 is 17.7 Å². The van der Waals surface area contributed by atoms with Gasteiger partial charge in [-0.3, -0.25) is 4.98 Å². The Hall–Kier alpha value is -4.61.